The van der Waals surface area contributed by atoms with Crippen molar-refractivity contribution in [2.75, 3.05) is 12.4 Å². The van der Waals surface area contributed by atoms with Crippen LogP contribution in [0.2, 0.25) is 0 Å². The Bertz CT molecular complexity index is 454. The number of rotatable bonds is 1. The maximum atomic E-state index is 12.0. The molecule has 0 fully saturated rings. The number of amides is 1. The molecule has 0 spiro atoms. The Morgan fingerprint density at radius 1 is 1.18 bits per heavy atom. The van der Waals surface area contributed by atoms with Gasteiger partial charge in [-0.05, 0) is 31.0 Å². The van der Waals surface area contributed by atoms with Gasteiger partial charge in [-0.1, -0.05) is 0 Å². The molecule has 0 saturated heterocycles. The zero-order valence-electron chi connectivity index (χ0n) is 9.79. The van der Waals surface area contributed by atoms with Crippen molar-refractivity contribution in [2.24, 2.45) is 0 Å². The maximum Gasteiger partial charge on any atom is 0.224 e. The number of benzene rings is 1. The molecule has 1 amide bonds. The molecule has 1 N–H and O–H groups in total. The summed E-state index contributed by atoms with van der Waals surface area (Å²) in [5.74, 6) is 0.651. The number of ether oxygens (including phenoxy) is 1. The Kier molecular flexibility index (Phi) is 3.42. The van der Waals surface area contributed by atoms with Crippen LogP contribution in [-0.4, -0.2) is 18.8 Å². The Morgan fingerprint density at radius 3 is 2.71 bits per heavy atom. The van der Waals surface area contributed by atoms with E-state index in [1.54, 1.807) is 25.3 Å². The molecule has 0 aliphatic carbocycles. The smallest absolute Gasteiger partial charge is 0.224 e. The average molecular weight is 233 g/mol. The first-order chi connectivity index (χ1) is 8.20. The summed E-state index contributed by atoms with van der Waals surface area (Å²) in [4.78, 5) is 23.5. The fourth-order valence-electron chi connectivity index (χ4n) is 1.91. The third kappa shape index (κ3) is 2.64. The van der Waals surface area contributed by atoms with Crippen LogP contribution in [-0.2, 0) is 4.79 Å². The molecule has 0 unspecified atom stereocenters. The molecular formula is C13H15NO3. The molecule has 1 aromatic rings. The van der Waals surface area contributed by atoms with Crippen LogP contribution in [0.1, 0.15) is 36.0 Å². The van der Waals surface area contributed by atoms with Gasteiger partial charge in [-0.25, -0.2) is 0 Å². The van der Waals surface area contributed by atoms with Crippen LogP contribution in [0.5, 0.6) is 5.75 Å². The number of methoxy groups -OCH3 is 1. The molecule has 1 heterocycles. The second-order valence-corrected chi connectivity index (χ2v) is 4.09. The van der Waals surface area contributed by atoms with E-state index in [0.29, 0.717) is 29.8 Å². The summed E-state index contributed by atoms with van der Waals surface area (Å²) in [6.07, 6.45) is 2.46. The van der Waals surface area contributed by atoms with Crippen LogP contribution in [0.4, 0.5) is 5.69 Å². The number of nitrogens with one attached hydrogen (secondary N) is 1. The van der Waals surface area contributed by atoms with Crippen molar-refractivity contribution in [2.45, 2.75) is 25.7 Å². The summed E-state index contributed by atoms with van der Waals surface area (Å²) in [6, 6.07) is 5.14. The van der Waals surface area contributed by atoms with Gasteiger partial charge in [-0.15, -0.1) is 0 Å². The lowest BCUT2D eigenvalue weighted by molar-refractivity contribution is -0.116. The molecule has 0 aromatic heterocycles. The number of carbonyl (C=O) groups excluding carboxylic acids is 2. The summed E-state index contributed by atoms with van der Waals surface area (Å²) in [6.45, 7) is 0. The van der Waals surface area contributed by atoms with E-state index in [0.717, 1.165) is 12.8 Å². The first kappa shape index (κ1) is 11.6. The lowest BCUT2D eigenvalue weighted by atomic mass is 10.0. The lowest BCUT2D eigenvalue weighted by Gasteiger charge is -2.10. The molecule has 0 bridgehead atoms. The molecule has 17 heavy (non-hydrogen) atoms. The molecule has 2 rings (SSSR count). The minimum absolute atomic E-state index is 0.0360. The lowest BCUT2D eigenvalue weighted by Crippen LogP contribution is -2.12. The molecule has 90 valence electrons. The third-order valence-corrected chi connectivity index (χ3v) is 2.86. The summed E-state index contributed by atoms with van der Waals surface area (Å²) in [5.41, 5.74) is 1.13. The summed E-state index contributed by atoms with van der Waals surface area (Å²) in [5, 5.41) is 2.77. The van der Waals surface area contributed by atoms with Crippen LogP contribution < -0.4 is 10.1 Å². The average Bonchev–Trinajstić information content (AvgIpc) is 2.40. The van der Waals surface area contributed by atoms with Crippen molar-refractivity contribution in [3.63, 3.8) is 0 Å². The van der Waals surface area contributed by atoms with Gasteiger partial charge in [-0.3, -0.25) is 9.59 Å². The highest BCUT2D eigenvalue weighted by Gasteiger charge is 2.16. The second-order valence-electron chi connectivity index (χ2n) is 4.09. The van der Waals surface area contributed by atoms with E-state index >= 15 is 0 Å². The molecule has 4 heteroatoms. The van der Waals surface area contributed by atoms with Gasteiger partial charge in [0.2, 0.25) is 5.91 Å². The fraction of sp³-hybridized carbons (Fsp3) is 0.385. The van der Waals surface area contributed by atoms with E-state index < -0.39 is 0 Å². The highest BCUT2D eigenvalue weighted by Crippen LogP contribution is 2.25. The van der Waals surface area contributed by atoms with Crippen molar-refractivity contribution in [3.05, 3.63) is 23.8 Å². The fourth-order valence-corrected chi connectivity index (χ4v) is 1.91. The first-order valence-electron chi connectivity index (χ1n) is 5.72. The summed E-state index contributed by atoms with van der Waals surface area (Å²) >= 11 is 0. The van der Waals surface area contributed by atoms with Crippen LogP contribution in [0.25, 0.3) is 0 Å². The van der Waals surface area contributed by atoms with Gasteiger partial charge in [-0.2, -0.15) is 0 Å². The number of ketones is 1. The predicted molar refractivity (Wildman–Crippen MR) is 64.4 cm³/mol. The standard InChI is InChI=1S/C13H15NO3/c1-17-9-6-7-11-10(8-9)12(15)4-2-3-5-13(16)14-11/h6-8H,2-5H2,1H3,(H,14,16). The maximum absolute atomic E-state index is 12.0. The highest BCUT2D eigenvalue weighted by atomic mass is 16.5. The highest BCUT2D eigenvalue weighted by molar-refractivity contribution is 6.05. The largest absolute Gasteiger partial charge is 0.497 e. The molecule has 0 saturated carbocycles. The number of Topliss-reactive ketones (excluding diaryl/α,β-unsaturated/α-hetero) is 1. The van der Waals surface area contributed by atoms with E-state index in [-0.39, 0.29) is 11.7 Å². The van der Waals surface area contributed by atoms with E-state index in [1.165, 1.54) is 0 Å². The van der Waals surface area contributed by atoms with E-state index in [1.807, 2.05) is 0 Å². The van der Waals surface area contributed by atoms with E-state index in [9.17, 15) is 9.59 Å². The Balaban J connectivity index is 2.41. The molecular weight excluding hydrogens is 218 g/mol. The first-order valence-corrected chi connectivity index (χ1v) is 5.72. The number of hydrogen-bond acceptors (Lipinski definition) is 3. The molecule has 4 nitrogen and oxygen atoms in total. The van der Waals surface area contributed by atoms with Gasteiger partial charge in [0.1, 0.15) is 5.75 Å². The molecule has 1 aromatic carbocycles. The Hall–Kier alpha value is -1.84. The van der Waals surface area contributed by atoms with Gasteiger partial charge < -0.3 is 10.1 Å². The van der Waals surface area contributed by atoms with Gasteiger partial charge in [0.05, 0.1) is 12.8 Å². The molecule has 1 aliphatic rings. The zero-order valence-corrected chi connectivity index (χ0v) is 9.79. The number of anilines is 1. The van der Waals surface area contributed by atoms with Crippen molar-refractivity contribution >= 4 is 17.4 Å². The second kappa shape index (κ2) is 4.99. The number of fused-ring (bicyclic) bond motifs is 1. The minimum atomic E-state index is -0.0360. The van der Waals surface area contributed by atoms with Crippen LogP contribution in [0.15, 0.2) is 18.2 Å². The van der Waals surface area contributed by atoms with Gasteiger partial charge in [0.25, 0.3) is 0 Å². The quantitative estimate of drug-likeness (QED) is 0.810. The molecule has 0 atom stereocenters. The molecule has 0 radical (unpaired) electrons. The van der Waals surface area contributed by atoms with Gasteiger partial charge in [0.15, 0.2) is 5.78 Å². The molecule has 1 aliphatic heterocycles. The van der Waals surface area contributed by atoms with Crippen LogP contribution >= 0.6 is 0 Å². The zero-order chi connectivity index (χ0) is 12.3. The van der Waals surface area contributed by atoms with Crippen LogP contribution in [0.3, 0.4) is 0 Å². The van der Waals surface area contributed by atoms with E-state index in [4.69, 9.17) is 4.74 Å². The number of carbonyl (C=O) groups is 2. The topological polar surface area (TPSA) is 55.4 Å². The summed E-state index contributed by atoms with van der Waals surface area (Å²) < 4.78 is 5.09. The van der Waals surface area contributed by atoms with Crippen LogP contribution in [0, 0.1) is 0 Å². The van der Waals surface area contributed by atoms with Crippen molar-refractivity contribution < 1.29 is 14.3 Å². The normalized spacial score (nSPS) is 16.3. The van der Waals surface area contributed by atoms with E-state index in [2.05, 4.69) is 5.32 Å². The monoisotopic (exact) mass is 233 g/mol. The van der Waals surface area contributed by atoms with Crippen molar-refractivity contribution in [1.82, 2.24) is 0 Å². The van der Waals surface area contributed by atoms with Gasteiger partial charge >= 0.3 is 0 Å². The Morgan fingerprint density at radius 2 is 1.94 bits per heavy atom. The van der Waals surface area contributed by atoms with Crippen molar-refractivity contribution in [3.8, 4) is 5.75 Å². The third-order valence-electron chi connectivity index (χ3n) is 2.86. The SMILES string of the molecule is COc1ccc2c(c1)C(=O)CCCCC(=O)N2. The van der Waals surface area contributed by atoms with Gasteiger partial charge in [0, 0.05) is 18.4 Å². The summed E-state index contributed by atoms with van der Waals surface area (Å²) in [7, 11) is 1.56. The minimum Gasteiger partial charge on any atom is -0.497 e. The number of hydrogen-bond donors (Lipinski definition) is 1. The van der Waals surface area contributed by atoms with Crippen molar-refractivity contribution in [1.29, 1.82) is 0 Å². The predicted octanol–water partition coefficient (Wildman–Crippen LogP) is 2.39. The Labute approximate surface area is 100.0 Å².